The Labute approximate surface area is 218 Å². The van der Waals surface area contributed by atoms with E-state index in [0.717, 1.165) is 23.1 Å². The summed E-state index contributed by atoms with van der Waals surface area (Å²) >= 11 is 9.50. The van der Waals surface area contributed by atoms with Crippen molar-refractivity contribution in [1.29, 1.82) is 0 Å². The minimum atomic E-state index is -0.308. The van der Waals surface area contributed by atoms with Gasteiger partial charge in [-0.05, 0) is 60.2 Å². The van der Waals surface area contributed by atoms with Crippen molar-refractivity contribution >= 4 is 39.3 Å². The standard InChI is InChI=1S/C27H26BrClFN3O2/c28-23-8-6-21(7-9-23)26(34)32-15-12-31(13-16-32)14-17-33(19-20-4-10-25(30)11-5-20)27(35)22-2-1-3-24(29)18-22/h1-11,18H,12-17,19H2. The van der Waals surface area contributed by atoms with E-state index in [9.17, 15) is 14.0 Å². The maximum absolute atomic E-state index is 13.4. The summed E-state index contributed by atoms with van der Waals surface area (Å²) in [4.78, 5) is 32.0. The summed E-state index contributed by atoms with van der Waals surface area (Å²) in [7, 11) is 0. The van der Waals surface area contributed by atoms with Crippen LogP contribution in [0.1, 0.15) is 26.3 Å². The number of hydrogen-bond donors (Lipinski definition) is 0. The summed E-state index contributed by atoms with van der Waals surface area (Å²) in [6, 6.07) is 20.5. The van der Waals surface area contributed by atoms with Crippen molar-refractivity contribution in [2.75, 3.05) is 39.3 Å². The van der Waals surface area contributed by atoms with Gasteiger partial charge in [0.05, 0.1) is 0 Å². The van der Waals surface area contributed by atoms with Gasteiger partial charge in [0.25, 0.3) is 11.8 Å². The van der Waals surface area contributed by atoms with Crippen molar-refractivity contribution in [3.8, 4) is 0 Å². The molecule has 4 rings (SSSR count). The minimum Gasteiger partial charge on any atom is -0.336 e. The largest absolute Gasteiger partial charge is 0.336 e. The first kappa shape index (κ1) is 25.4. The predicted molar refractivity (Wildman–Crippen MR) is 139 cm³/mol. The quantitative estimate of drug-likeness (QED) is 0.393. The first-order valence-electron chi connectivity index (χ1n) is 11.5. The second-order valence-corrected chi connectivity index (χ2v) is 9.86. The van der Waals surface area contributed by atoms with Gasteiger partial charge in [0.2, 0.25) is 0 Å². The number of rotatable bonds is 7. The van der Waals surface area contributed by atoms with E-state index in [1.165, 1.54) is 12.1 Å². The van der Waals surface area contributed by atoms with Crippen LogP contribution in [0.25, 0.3) is 0 Å². The van der Waals surface area contributed by atoms with E-state index in [-0.39, 0.29) is 17.6 Å². The molecule has 2 amide bonds. The van der Waals surface area contributed by atoms with E-state index >= 15 is 0 Å². The molecule has 0 unspecified atom stereocenters. The molecule has 0 aromatic heterocycles. The summed E-state index contributed by atoms with van der Waals surface area (Å²) in [5.74, 6) is -0.399. The SMILES string of the molecule is O=C(c1ccc(Br)cc1)N1CCN(CCN(Cc2ccc(F)cc2)C(=O)c2cccc(Cl)c2)CC1. The average molecular weight is 559 g/mol. The molecule has 8 heteroatoms. The number of halogens is 3. The summed E-state index contributed by atoms with van der Waals surface area (Å²) in [6.07, 6.45) is 0. The van der Waals surface area contributed by atoms with Gasteiger partial charge in [-0.1, -0.05) is 45.7 Å². The van der Waals surface area contributed by atoms with Crippen molar-refractivity contribution in [1.82, 2.24) is 14.7 Å². The van der Waals surface area contributed by atoms with Crippen molar-refractivity contribution in [2.45, 2.75) is 6.54 Å². The molecule has 0 radical (unpaired) electrons. The van der Waals surface area contributed by atoms with Crippen molar-refractivity contribution in [3.63, 3.8) is 0 Å². The highest BCUT2D eigenvalue weighted by molar-refractivity contribution is 9.10. The number of carbonyl (C=O) groups excluding carboxylic acids is 2. The van der Waals surface area contributed by atoms with Crippen molar-refractivity contribution < 1.29 is 14.0 Å². The molecule has 3 aromatic rings. The topological polar surface area (TPSA) is 43.9 Å². The van der Waals surface area contributed by atoms with Crippen LogP contribution in [-0.4, -0.2) is 65.8 Å². The Balaban J connectivity index is 1.37. The molecular formula is C27H26BrClFN3O2. The fourth-order valence-electron chi connectivity index (χ4n) is 4.08. The van der Waals surface area contributed by atoms with Gasteiger partial charge in [-0.15, -0.1) is 0 Å². The molecule has 1 aliphatic rings. The summed E-state index contributed by atoms with van der Waals surface area (Å²) < 4.78 is 14.3. The molecule has 35 heavy (non-hydrogen) atoms. The molecule has 1 saturated heterocycles. The van der Waals surface area contributed by atoms with Gasteiger partial charge in [-0.3, -0.25) is 14.5 Å². The van der Waals surface area contributed by atoms with Gasteiger partial charge in [-0.2, -0.15) is 0 Å². The van der Waals surface area contributed by atoms with E-state index in [1.807, 2.05) is 29.2 Å². The predicted octanol–water partition coefficient (Wildman–Crippen LogP) is 5.34. The first-order chi connectivity index (χ1) is 16.9. The Bertz CT molecular complexity index is 1170. The zero-order valence-electron chi connectivity index (χ0n) is 19.2. The Hall–Kier alpha value is -2.74. The lowest BCUT2D eigenvalue weighted by molar-refractivity contribution is 0.0598. The van der Waals surface area contributed by atoms with Gasteiger partial charge in [0.15, 0.2) is 0 Å². The van der Waals surface area contributed by atoms with E-state index in [4.69, 9.17) is 11.6 Å². The van der Waals surface area contributed by atoms with Gasteiger partial charge in [0.1, 0.15) is 5.82 Å². The highest BCUT2D eigenvalue weighted by Gasteiger charge is 2.23. The van der Waals surface area contributed by atoms with Crippen LogP contribution >= 0.6 is 27.5 Å². The van der Waals surface area contributed by atoms with Crippen molar-refractivity contribution in [2.24, 2.45) is 0 Å². The lowest BCUT2D eigenvalue weighted by Gasteiger charge is -2.36. The Morgan fingerprint density at radius 3 is 2.26 bits per heavy atom. The van der Waals surface area contributed by atoms with Crippen LogP contribution in [0.3, 0.4) is 0 Å². The maximum Gasteiger partial charge on any atom is 0.254 e. The summed E-state index contributed by atoms with van der Waals surface area (Å²) in [5, 5.41) is 0.504. The third-order valence-electron chi connectivity index (χ3n) is 6.08. The number of nitrogens with zero attached hydrogens (tertiary/aromatic N) is 3. The van der Waals surface area contributed by atoms with Crippen LogP contribution in [-0.2, 0) is 6.54 Å². The lowest BCUT2D eigenvalue weighted by Crippen LogP contribution is -2.50. The fourth-order valence-corrected chi connectivity index (χ4v) is 4.53. The molecule has 182 valence electrons. The molecule has 0 aliphatic carbocycles. The molecule has 5 nitrogen and oxygen atoms in total. The highest BCUT2D eigenvalue weighted by Crippen LogP contribution is 2.17. The fraction of sp³-hybridized carbons (Fsp3) is 0.259. The van der Waals surface area contributed by atoms with Crippen LogP contribution in [0.5, 0.6) is 0 Å². The van der Waals surface area contributed by atoms with Crippen molar-refractivity contribution in [3.05, 3.63) is 105 Å². The van der Waals surface area contributed by atoms with Crippen LogP contribution in [0.4, 0.5) is 4.39 Å². The highest BCUT2D eigenvalue weighted by atomic mass is 79.9. The zero-order chi connectivity index (χ0) is 24.8. The third-order valence-corrected chi connectivity index (χ3v) is 6.85. The zero-order valence-corrected chi connectivity index (χ0v) is 21.5. The van der Waals surface area contributed by atoms with Gasteiger partial charge in [0, 0.05) is 66.4 Å². The number of piperazine rings is 1. The molecule has 1 fully saturated rings. The lowest BCUT2D eigenvalue weighted by atomic mass is 10.1. The molecule has 1 heterocycles. The number of benzene rings is 3. The molecule has 3 aromatic carbocycles. The Morgan fingerprint density at radius 2 is 1.60 bits per heavy atom. The molecule has 0 bridgehead atoms. The van der Waals surface area contributed by atoms with Crippen LogP contribution in [0, 0.1) is 5.82 Å². The maximum atomic E-state index is 13.4. The van der Waals surface area contributed by atoms with Gasteiger partial charge >= 0.3 is 0 Å². The smallest absolute Gasteiger partial charge is 0.254 e. The molecular weight excluding hydrogens is 533 g/mol. The molecule has 0 saturated carbocycles. The minimum absolute atomic E-state index is 0.0335. The third kappa shape index (κ3) is 6.90. The Morgan fingerprint density at radius 1 is 0.914 bits per heavy atom. The normalized spacial score (nSPS) is 14.1. The van der Waals surface area contributed by atoms with Crippen LogP contribution in [0.2, 0.25) is 5.02 Å². The average Bonchev–Trinajstić information content (AvgIpc) is 2.87. The number of amides is 2. The molecule has 0 spiro atoms. The van der Waals surface area contributed by atoms with Crippen LogP contribution in [0.15, 0.2) is 77.3 Å². The van der Waals surface area contributed by atoms with Gasteiger partial charge in [-0.25, -0.2) is 4.39 Å². The summed E-state index contributed by atoms with van der Waals surface area (Å²) in [5.41, 5.74) is 2.05. The van der Waals surface area contributed by atoms with E-state index in [1.54, 1.807) is 41.3 Å². The molecule has 1 aliphatic heterocycles. The van der Waals surface area contributed by atoms with E-state index in [2.05, 4.69) is 20.8 Å². The van der Waals surface area contributed by atoms with E-state index in [0.29, 0.717) is 48.9 Å². The first-order valence-corrected chi connectivity index (χ1v) is 12.6. The number of hydrogen-bond acceptors (Lipinski definition) is 3. The monoisotopic (exact) mass is 557 g/mol. The van der Waals surface area contributed by atoms with Crippen LogP contribution < -0.4 is 0 Å². The second-order valence-electron chi connectivity index (χ2n) is 8.50. The Kier molecular flexibility index (Phi) is 8.55. The second kappa shape index (κ2) is 11.8. The summed E-state index contributed by atoms with van der Waals surface area (Å²) in [6.45, 7) is 4.28. The number of carbonyl (C=O) groups is 2. The van der Waals surface area contributed by atoms with E-state index < -0.39 is 0 Å². The van der Waals surface area contributed by atoms with Gasteiger partial charge < -0.3 is 9.80 Å². The molecule has 0 atom stereocenters. The molecule has 0 N–H and O–H groups in total.